The van der Waals surface area contributed by atoms with E-state index in [1.165, 1.54) is 15.3 Å². The van der Waals surface area contributed by atoms with Crippen molar-refractivity contribution in [2.24, 2.45) is 12.0 Å². The summed E-state index contributed by atoms with van der Waals surface area (Å²) in [6, 6.07) is 4.75. The Morgan fingerprint density at radius 2 is 2.26 bits per heavy atom. The van der Waals surface area contributed by atoms with Gasteiger partial charge in [-0.25, -0.2) is 0 Å². The highest BCUT2D eigenvalue weighted by Crippen LogP contribution is 2.16. The summed E-state index contributed by atoms with van der Waals surface area (Å²) in [6.45, 7) is 5.24. The van der Waals surface area contributed by atoms with Crippen molar-refractivity contribution >= 4 is 17.3 Å². The minimum atomic E-state index is 0.359. The number of aryl methyl sites for hydroxylation is 3. The zero-order valence-electron chi connectivity index (χ0n) is 14.5. The van der Waals surface area contributed by atoms with E-state index in [1.807, 2.05) is 36.3 Å². The zero-order valence-corrected chi connectivity index (χ0v) is 15.3. The van der Waals surface area contributed by atoms with Gasteiger partial charge >= 0.3 is 0 Å². The van der Waals surface area contributed by atoms with Crippen LogP contribution in [0.5, 0.6) is 0 Å². The molecule has 2 aromatic rings. The number of hydrogen-bond acceptors (Lipinski definition) is 3. The Hall–Kier alpha value is -1.82. The second-order valence-electron chi connectivity index (χ2n) is 5.89. The highest BCUT2D eigenvalue weighted by atomic mass is 32.1. The molecule has 0 bridgehead atoms. The predicted octanol–water partition coefficient (Wildman–Crippen LogP) is 2.52. The molecule has 2 rings (SSSR count). The number of hydrogen-bond donors (Lipinski definition) is 2. The number of aromatic nitrogens is 2. The van der Waals surface area contributed by atoms with E-state index < -0.39 is 0 Å². The summed E-state index contributed by atoms with van der Waals surface area (Å²) in [4.78, 5) is 7.08. The monoisotopic (exact) mass is 333 g/mol. The molecular formula is C17H27N5S. The number of aliphatic imine (C=N–C) groups is 1. The van der Waals surface area contributed by atoms with E-state index in [1.54, 1.807) is 0 Å². The molecule has 0 saturated carbocycles. The molecule has 0 saturated heterocycles. The molecule has 5 nitrogen and oxygen atoms in total. The fourth-order valence-corrected chi connectivity index (χ4v) is 3.50. The largest absolute Gasteiger partial charge is 0.356 e. The standard InChI is InChI=1S/C17H27N5S/c1-13(10-16-8-7-14(2)23-16)21-17(18-3)19-9-5-6-15-11-20-22(4)12-15/h7-8,11-13H,5-6,9-10H2,1-4H3,(H2,18,19,21). The zero-order chi connectivity index (χ0) is 16.7. The molecule has 0 aliphatic heterocycles. The van der Waals surface area contributed by atoms with Crippen molar-refractivity contribution in [1.29, 1.82) is 0 Å². The fraction of sp³-hybridized carbons (Fsp3) is 0.529. The van der Waals surface area contributed by atoms with Crippen LogP contribution in [-0.4, -0.2) is 35.4 Å². The average molecular weight is 334 g/mol. The maximum absolute atomic E-state index is 4.30. The van der Waals surface area contributed by atoms with E-state index in [2.05, 4.69) is 52.9 Å². The van der Waals surface area contributed by atoms with Crippen molar-refractivity contribution < 1.29 is 0 Å². The van der Waals surface area contributed by atoms with Gasteiger partial charge in [0.2, 0.25) is 0 Å². The maximum atomic E-state index is 4.30. The van der Waals surface area contributed by atoms with E-state index in [0.717, 1.165) is 31.8 Å². The second-order valence-corrected chi connectivity index (χ2v) is 7.26. The Labute approximate surface area is 142 Å². The lowest BCUT2D eigenvalue weighted by atomic mass is 10.2. The van der Waals surface area contributed by atoms with Gasteiger partial charge in [0, 0.05) is 49.1 Å². The summed E-state index contributed by atoms with van der Waals surface area (Å²) in [7, 11) is 3.77. The molecule has 0 amide bonds. The van der Waals surface area contributed by atoms with E-state index in [4.69, 9.17) is 0 Å². The molecule has 1 atom stereocenters. The lowest BCUT2D eigenvalue weighted by Crippen LogP contribution is -2.43. The molecule has 0 spiro atoms. The van der Waals surface area contributed by atoms with Gasteiger partial charge in [-0.05, 0) is 44.4 Å². The predicted molar refractivity (Wildman–Crippen MR) is 98.2 cm³/mol. The minimum Gasteiger partial charge on any atom is -0.356 e. The van der Waals surface area contributed by atoms with E-state index in [-0.39, 0.29) is 0 Å². The average Bonchev–Trinajstić information content (AvgIpc) is 3.10. The fourth-order valence-electron chi connectivity index (χ4n) is 2.48. The van der Waals surface area contributed by atoms with Gasteiger partial charge in [-0.1, -0.05) is 0 Å². The molecular weight excluding hydrogens is 306 g/mol. The van der Waals surface area contributed by atoms with E-state index in [9.17, 15) is 0 Å². The number of thiophene rings is 1. The van der Waals surface area contributed by atoms with Gasteiger partial charge in [0.15, 0.2) is 5.96 Å². The molecule has 0 radical (unpaired) electrons. The van der Waals surface area contributed by atoms with E-state index in [0.29, 0.717) is 6.04 Å². The van der Waals surface area contributed by atoms with Crippen molar-refractivity contribution in [1.82, 2.24) is 20.4 Å². The molecule has 2 aromatic heterocycles. The maximum Gasteiger partial charge on any atom is 0.191 e. The molecule has 6 heteroatoms. The Kier molecular flexibility index (Phi) is 6.65. The van der Waals surface area contributed by atoms with Crippen molar-refractivity contribution in [3.63, 3.8) is 0 Å². The quantitative estimate of drug-likeness (QED) is 0.465. The highest BCUT2D eigenvalue weighted by molar-refractivity contribution is 7.11. The first-order chi connectivity index (χ1) is 11.1. The van der Waals surface area contributed by atoms with Crippen molar-refractivity contribution in [2.75, 3.05) is 13.6 Å². The third-order valence-corrected chi connectivity index (χ3v) is 4.63. The van der Waals surface area contributed by atoms with Gasteiger partial charge in [-0.15, -0.1) is 11.3 Å². The second kappa shape index (κ2) is 8.72. The summed E-state index contributed by atoms with van der Waals surface area (Å²) in [5.74, 6) is 0.872. The molecule has 0 fully saturated rings. The number of rotatable bonds is 7. The Morgan fingerprint density at radius 3 is 2.87 bits per heavy atom. The van der Waals surface area contributed by atoms with Gasteiger partial charge < -0.3 is 10.6 Å². The molecule has 0 aliphatic carbocycles. The van der Waals surface area contributed by atoms with Gasteiger partial charge in [-0.2, -0.15) is 5.10 Å². The first-order valence-electron chi connectivity index (χ1n) is 8.07. The normalized spacial score (nSPS) is 13.1. The summed E-state index contributed by atoms with van der Waals surface area (Å²) < 4.78 is 1.84. The molecule has 2 heterocycles. The SMILES string of the molecule is CN=C(NCCCc1cnn(C)c1)NC(C)Cc1ccc(C)s1. The topological polar surface area (TPSA) is 54.2 Å². The van der Waals surface area contributed by atoms with Gasteiger partial charge in [0.1, 0.15) is 0 Å². The molecule has 23 heavy (non-hydrogen) atoms. The molecule has 2 N–H and O–H groups in total. The Bertz CT molecular complexity index is 628. The minimum absolute atomic E-state index is 0.359. The first kappa shape index (κ1) is 17.5. The van der Waals surface area contributed by atoms with Crippen molar-refractivity contribution in [3.8, 4) is 0 Å². The molecule has 126 valence electrons. The number of nitrogens with one attached hydrogen (secondary N) is 2. The lowest BCUT2D eigenvalue weighted by molar-refractivity contribution is 0.639. The van der Waals surface area contributed by atoms with Gasteiger partial charge in [0.25, 0.3) is 0 Å². The third kappa shape index (κ3) is 6.06. The van der Waals surface area contributed by atoms with Crippen LogP contribution in [0.4, 0.5) is 0 Å². The van der Waals surface area contributed by atoms with Gasteiger partial charge in [-0.3, -0.25) is 9.67 Å². The highest BCUT2D eigenvalue weighted by Gasteiger charge is 2.07. The summed E-state index contributed by atoms with van der Waals surface area (Å²) in [5, 5.41) is 11.0. The molecule has 0 aliphatic rings. The molecule has 1 unspecified atom stereocenters. The number of guanidine groups is 1. The smallest absolute Gasteiger partial charge is 0.191 e. The van der Waals surface area contributed by atoms with Crippen molar-refractivity contribution in [3.05, 3.63) is 39.8 Å². The lowest BCUT2D eigenvalue weighted by Gasteiger charge is -2.17. The first-order valence-corrected chi connectivity index (χ1v) is 8.88. The third-order valence-electron chi connectivity index (χ3n) is 3.60. The summed E-state index contributed by atoms with van der Waals surface area (Å²) in [6.07, 6.45) is 7.11. The van der Waals surface area contributed by atoms with Gasteiger partial charge in [0.05, 0.1) is 6.20 Å². The van der Waals surface area contributed by atoms with Crippen LogP contribution < -0.4 is 10.6 Å². The van der Waals surface area contributed by atoms with Crippen LogP contribution in [0.25, 0.3) is 0 Å². The van der Waals surface area contributed by atoms with Crippen LogP contribution in [-0.2, 0) is 19.9 Å². The van der Waals surface area contributed by atoms with E-state index >= 15 is 0 Å². The van der Waals surface area contributed by atoms with Crippen LogP contribution >= 0.6 is 11.3 Å². The van der Waals surface area contributed by atoms with Crippen LogP contribution in [0.2, 0.25) is 0 Å². The van der Waals surface area contributed by atoms with Crippen LogP contribution in [0.15, 0.2) is 29.5 Å². The summed E-state index contributed by atoms with van der Waals surface area (Å²) >= 11 is 1.86. The summed E-state index contributed by atoms with van der Waals surface area (Å²) in [5.41, 5.74) is 1.28. The van der Waals surface area contributed by atoms with Crippen LogP contribution in [0, 0.1) is 6.92 Å². The van der Waals surface area contributed by atoms with Crippen LogP contribution in [0.3, 0.4) is 0 Å². The molecule has 0 aromatic carbocycles. The van der Waals surface area contributed by atoms with Crippen LogP contribution in [0.1, 0.15) is 28.7 Å². The Morgan fingerprint density at radius 1 is 1.43 bits per heavy atom. The number of nitrogens with zero attached hydrogens (tertiary/aromatic N) is 3. The Balaban J connectivity index is 1.68. The van der Waals surface area contributed by atoms with Crippen molar-refractivity contribution in [2.45, 2.75) is 39.2 Å².